The van der Waals surface area contributed by atoms with E-state index in [0.717, 1.165) is 23.1 Å². The van der Waals surface area contributed by atoms with E-state index in [1.165, 1.54) is 0 Å². The summed E-state index contributed by atoms with van der Waals surface area (Å²) in [6, 6.07) is 5.75. The fourth-order valence-corrected chi connectivity index (χ4v) is 3.14. The molecule has 32 heavy (non-hydrogen) atoms. The highest BCUT2D eigenvalue weighted by Gasteiger charge is 2.20. The van der Waals surface area contributed by atoms with E-state index in [4.69, 9.17) is 16.2 Å². The van der Waals surface area contributed by atoms with Crippen LogP contribution in [0, 0.1) is 0 Å². The van der Waals surface area contributed by atoms with E-state index in [9.17, 15) is 4.79 Å². The number of hydrogen-bond acceptors (Lipinski definition) is 7. The number of pyridine rings is 2. The van der Waals surface area contributed by atoms with Crippen LogP contribution >= 0.6 is 0 Å². The number of aromatic nitrogens is 4. The summed E-state index contributed by atoms with van der Waals surface area (Å²) in [6.07, 6.45) is 7.51. The van der Waals surface area contributed by atoms with Gasteiger partial charge in [-0.1, -0.05) is 13.0 Å². The summed E-state index contributed by atoms with van der Waals surface area (Å²) in [6.45, 7) is 8.29. The number of nitrogens with zero attached hydrogens (tertiary/aromatic N) is 5. The molecule has 0 aliphatic carbocycles. The number of hydrogen-bond donors (Lipinski definition) is 2. The molecule has 0 aliphatic heterocycles. The van der Waals surface area contributed by atoms with Crippen LogP contribution in [0.5, 0.6) is 0 Å². The molecule has 0 spiro atoms. The number of nitrogens with two attached hydrogens (primary N) is 2. The number of anilines is 2. The third-order valence-electron chi connectivity index (χ3n) is 5.09. The van der Waals surface area contributed by atoms with Crippen LogP contribution in [-0.4, -0.2) is 49.9 Å². The minimum absolute atomic E-state index is 0.231. The Morgan fingerprint density at radius 2 is 1.94 bits per heavy atom. The summed E-state index contributed by atoms with van der Waals surface area (Å²) in [7, 11) is 1.75. The number of nitrogen functional groups attached to an aromatic ring is 2. The highest BCUT2D eigenvalue weighted by Crippen LogP contribution is 2.28. The molecule has 0 aliphatic rings. The highest BCUT2D eigenvalue weighted by molar-refractivity contribution is 5.81. The first-order valence-corrected chi connectivity index (χ1v) is 10.5. The van der Waals surface area contributed by atoms with Crippen LogP contribution in [0.15, 0.2) is 43.0 Å². The molecule has 3 aromatic heterocycles. The van der Waals surface area contributed by atoms with E-state index in [2.05, 4.69) is 22.0 Å². The van der Waals surface area contributed by atoms with Gasteiger partial charge in [-0.2, -0.15) is 5.10 Å². The van der Waals surface area contributed by atoms with Gasteiger partial charge in [0.05, 0.1) is 11.9 Å². The van der Waals surface area contributed by atoms with Crippen LogP contribution in [0.2, 0.25) is 0 Å². The van der Waals surface area contributed by atoms with Gasteiger partial charge in [0, 0.05) is 43.3 Å². The lowest BCUT2D eigenvalue weighted by Gasteiger charge is -2.25. The molecule has 0 aromatic carbocycles. The van der Waals surface area contributed by atoms with Crippen LogP contribution in [0.25, 0.3) is 16.9 Å². The second-order valence-corrected chi connectivity index (χ2v) is 8.87. The van der Waals surface area contributed by atoms with E-state index >= 15 is 0 Å². The quantitative estimate of drug-likeness (QED) is 0.600. The zero-order valence-electron chi connectivity index (χ0n) is 19.2. The topological polar surface area (TPSA) is 125 Å². The number of carbonyl (C=O) groups excluding carboxylic acids is 1. The molecule has 9 nitrogen and oxygen atoms in total. The Labute approximate surface area is 188 Å². The molecule has 3 aromatic rings. The summed E-state index contributed by atoms with van der Waals surface area (Å²) >= 11 is 0. The molecule has 0 bridgehead atoms. The van der Waals surface area contributed by atoms with Gasteiger partial charge in [-0.15, -0.1) is 0 Å². The van der Waals surface area contributed by atoms with E-state index in [0.29, 0.717) is 23.9 Å². The summed E-state index contributed by atoms with van der Waals surface area (Å²) in [5, 5.41) is 4.40. The fraction of sp³-hybridized carbons (Fsp3) is 0.391. The van der Waals surface area contributed by atoms with Crippen molar-refractivity contribution in [2.45, 2.75) is 45.6 Å². The van der Waals surface area contributed by atoms with Gasteiger partial charge in [-0.05, 0) is 50.8 Å². The maximum absolute atomic E-state index is 12.1. The fourth-order valence-electron chi connectivity index (χ4n) is 3.14. The van der Waals surface area contributed by atoms with Gasteiger partial charge in [0.1, 0.15) is 11.4 Å². The van der Waals surface area contributed by atoms with Gasteiger partial charge in [-0.25, -0.2) is 19.4 Å². The predicted molar refractivity (Wildman–Crippen MR) is 125 cm³/mol. The Bertz CT molecular complexity index is 1070. The summed E-state index contributed by atoms with van der Waals surface area (Å²) < 4.78 is 7.09. The van der Waals surface area contributed by atoms with Crippen LogP contribution in [0.1, 0.15) is 45.6 Å². The first kappa shape index (κ1) is 23.1. The maximum atomic E-state index is 12.1. The lowest BCUT2D eigenvalue weighted by Crippen LogP contribution is -2.35. The average molecular weight is 438 g/mol. The Morgan fingerprint density at radius 3 is 2.59 bits per heavy atom. The number of amides is 1. The smallest absolute Gasteiger partial charge is 0.410 e. The molecule has 1 atom stereocenters. The van der Waals surface area contributed by atoms with E-state index in [1.54, 1.807) is 35.1 Å². The molecular weight excluding hydrogens is 406 g/mol. The zero-order chi connectivity index (χ0) is 23.5. The second kappa shape index (κ2) is 9.25. The monoisotopic (exact) mass is 437 g/mol. The van der Waals surface area contributed by atoms with Crippen molar-refractivity contribution in [2.75, 3.05) is 25.1 Å². The van der Waals surface area contributed by atoms with Crippen molar-refractivity contribution in [1.29, 1.82) is 0 Å². The largest absolute Gasteiger partial charge is 0.444 e. The average Bonchev–Trinajstić information content (AvgIpc) is 3.22. The Kier molecular flexibility index (Phi) is 6.67. The van der Waals surface area contributed by atoms with E-state index < -0.39 is 5.60 Å². The van der Waals surface area contributed by atoms with Crippen LogP contribution in [0.4, 0.5) is 16.3 Å². The summed E-state index contributed by atoms with van der Waals surface area (Å²) in [4.78, 5) is 22.3. The minimum Gasteiger partial charge on any atom is -0.444 e. The van der Waals surface area contributed by atoms with Gasteiger partial charge in [0.15, 0.2) is 5.82 Å². The molecule has 1 unspecified atom stereocenters. The minimum atomic E-state index is -0.501. The van der Waals surface area contributed by atoms with Crippen LogP contribution in [0.3, 0.4) is 0 Å². The van der Waals surface area contributed by atoms with Crippen molar-refractivity contribution in [3.63, 3.8) is 0 Å². The van der Waals surface area contributed by atoms with Gasteiger partial charge < -0.3 is 21.1 Å². The second-order valence-electron chi connectivity index (χ2n) is 8.87. The molecule has 3 rings (SSSR count). The van der Waals surface area contributed by atoms with Crippen LogP contribution < -0.4 is 11.5 Å². The SMILES string of the molecule is CC(CCN(C)C(=O)OC(C)(C)C)c1ccc(-n2cc(-c3ccnc(N)c3N)cn2)nc1. The van der Waals surface area contributed by atoms with Crippen molar-refractivity contribution in [1.82, 2.24) is 24.6 Å². The Morgan fingerprint density at radius 1 is 1.19 bits per heavy atom. The molecule has 0 radical (unpaired) electrons. The zero-order valence-corrected chi connectivity index (χ0v) is 19.2. The third kappa shape index (κ3) is 5.54. The molecule has 0 fully saturated rings. The number of ether oxygens (including phenoxy) is 1. The van der Waals surface area contributed by atoms with Crippen molar-refractivity contribution in [3.8, 4) is 16.9 Å². The third-order valence-corrected chi connectivity index (χ3v) is 5.09. The van der Waals surface area contributed by atoms with Gasteiger partial charge >= 0.3 is 6.09 Å². The molecule has 170 valence electrons. The van der Waals surface area contributed by atoms with Gasteiger partial charge in [0.2, 0.25) is 0 Å². The van der Waals surface area contributed by atoms with Crippen LogP contribution in [-0.2, 0) is 4.74 Å². The van der Waals surface area contributed by atoms with Crippen molar-refractivity contribution in [3.05, 3.63) is 48.5 Å². The molecule has 0 saturated carbocycles. The predicted octanol–water partition coefficient (Wildman–Crippen LogP) is 3.85. The van der Waals surface area contributed by atoms with E-state index in [1.807, 2.05) is 45.3 Å². The highest BCUT2D eigenvalue weighted by atomic mass is 16.6. The first-order valence-electron chi connectivity index (χ1n) is 10.5. The molecule has 3 heterocycles. The van der Waals surface area contributed by atoms with Crippen molar-refractivity contribution >= 4 is 17.6 Å². The van der Waals surface area contributed by atoms with Gasteiger partial charge in [-0.3, -0.25) is 0 Å². The lowest BCUT2D eigenvalue weighted by atomic mass is 9.99. The summed E-state index contributed by atoms with van der Waals surface area (Å²) in [5.41, 5.74) is 14.5. The maximum Gasteiger partial charge on any atom is 0.410 e. The number of rotatable bonds is 6. The van der Waals surface area contributed by atoms with Crippen molar-refractivity contribution < 1.29 is 9.53 Å². The molecular formula is C23H31N7O2. The standard InChI is InChI=1S/C23H31N7O2/c1-15(9-11-29(5)22(31)32-23(2,3)4)16-6-7-19(27-12-16)30-14-17(13-28-30)18-8-10-26-21(25)20(18)24/h6-8,10,12-15H,9,11,24H2,1-5H3,(H2,25,26). The lowest BCUT2D eigenvalue weighted by molar-refractivity contribution is 0.0295. The first-order chi connectivity index (χ1) is 15.0. The number of carbonyl (C=O) groups is 1. The molecule has 9 heteroatoms. The molecule has 1 amide bonds. The van der Waals surface area contributed by atoms with E-state index in [-0.39, 0.29) is 12.0 Å². The molecule has 0 saturated heterocycles. The molecule has 4 N–H and O–H groups in total. The van der Waals surface area contributed by atoms with Crippen molar-refractivity contribution in [2.24, 2.45) is 0 Å². The normalized spacial score (nSPS) is 12.4. The Hall–Kier alpha value is -3.62. The van der Waals surface area contributed by atoms with Gasteiger partial charge in [0.25, 0.3) is 0 Å². The summed E-state index contributed by atoms with van der Waals surface area (Å²) in [5.74, 6) is 1.22. The Balaban J connectivity index is 1.63.